The van der Waals surface area contributed by atoms with Crippen LogP contribution in [0.3, 0.4) is 0 Å². The van der Waals surface area contributed by atoms with E-state index in [1.54, 1.807) is 56.1 Å². The van der Waals surface area contributed by atoms with E-state index < -0.39 is 11.6 Å². The number of ether oxygens (including phenoxy) is 1. The zero-order chi connectivity index (χ0) is 29.3. The molecule has 4 heterocycles. The van der Waals surface area contributed by atoms with Gasteiger partial charge in [-0.05, 0) is 98.0 Å². The van der Waals surface area contributed by atoms with Crippen LogP contribution in [0.25, 0.3) is 32.9 Å². The van der Waals surface area contributed by atoms with E-state index in [1.165, 1.54) is 0 Å². The SMILES string of the molecule is CC(C)(C)O.Cc1cc2c(ccc(=O)n2Cc2ccncc2)c(-c2ccc3c4c(ccnc24)CCO3)c1CC(=O)O. The van der Waals surface area contributed by atoms with Crippen molar-refractivity contribution in [3.05, 3.63) is 99.7 Å². The number of pyridine rings is 3. The Bertz CT molecular complexity index is 1810. The van der Waals surface area contributed by atoms with Crippen molar-refractivity contribution in [2.24, 2.45) is 0 Å². The molecule has 3 aromatic heterocycles. The number of aliphatic carboxylic acids is 1. The molecule has 0 radical (unpaired) electrons. The summed E-state index contributed by atoms with van der Waals surface area (Å²) in [6.07, 6.45) is 5.86. The number of carboxylic acid groups (broad SMARTS) is 1. The summed E-state index contributed by atoms with van der Waals surface area (Å²) < 4.78 is 7.64. The van der Waals surface area contributed by atoms with Gasteiger partial charge in [0.25, 0.3) is 5.56 Å². The van der Waals surface area contributed by atoms with Crippen molar-refractivity contribution < 1.29 is 19.7 Å². The van der Waals surface area contributed by atoms with Gasteiger partial charge in [0.15, 0.2) is 0 Å². The highest BCUT2D eigenvalue weighted by Gasteiger charge is 2.23. The predicted octanol–water partition coefficient (Wildman–Crippen LogP) is 5.31. The number of hydrogen-bond acceptors (Lipinski definition) is 6. The van der Waals surface area contributed by atoms with Crippen LogP contribution in [-0.4, -0.2) is 42.9 Å². The predicted molar refractivity (Wildman–Crippen MR) is 160 cm³/mol. The van der Waals surface area contributed by atoms with Crippen LogP contribution < -0.4 is 10.3 Å². The average molecular weight is 552 g/mol. The van der Waals surface area contributed by atoms with Gasteiger partial charge in [-0.15, -0.1) is 0 Å². The maximum absolute atomic E-state index is 13.0. The second kappa shape index (κ2) is 11.1. The lowest BCUT2D eigenvalue weighted by molar-refractivity contribution is -0.136. The van der Waals surface area contributed by atoms with Gasteiger partial charge < -0.3 is 19.5 Å². The zero-order valence-electron chi connectivity index (χ0n) is 23.6. The Labute approximate surface area is 237 Å². The normalized spacial score (nSPS) is 12.5. The molecular formula is C33H33N3O5. The van der Waals surface area contributed by atoms with E-state index in [0.717, 1.165) is 61.8 Å². The van der Waals surface area contributed by atoms with Gasteiger partial charge in [-0.25, -0.2) is 0 Å². The molecule has 0 aliphatic carbocycles. The first-order valence-corrected chi connectivity index (χ1v) is 13.5. The van der Waals surface area contributed by atoms with Crippen molar-refractivity contribution in [1.29, 1.82) is 0 Å². The summed E-state index contributed by atoms with van der Waals surface area (Å²) in [5, 5.41) is 20.1. The minimum absolute atomic E-state index is 0.126. The number of aryl methyl sites for hydroxylation is 1. The Morgan fingerprint density at radius 2 is 1.78 bits per heavy atom. The van der Waals surface area contributed by atoms with E-state index >= 15 is 0 Å². The average Bonchev–Trinajstić information content (AvgIpc) is 2.91. The van der Waals surface area contributed by atoms with Crippen LogP contribution in [0.15, 0.2) is 71.9 Å². The second-order valence-electron chi connectivity index (χ2n) is 11.2. The Kier molecular flexibility index (Phi) is 7.60. The fraction of sp³-hybridized carbons (Fsp3) is 0.273. The molecular weight excluding hydrogens is 518 g/mol. The third kappa shape index (κ3) is 5.98. The smallest absolute Gasteiger partial charge is 0.307 e. The number of hydrogen-bond donors (Lipinski definition) is 2. The van der Waals surface area contributed by atoms with Crippen LogP contribution in [0.5, 0.6) is 5.75 Å². The molecule has 8 nitrogen and oxygen atoms in total. The van der Waals surface area contributed by atoms with Crippen LogP contribution >= 0.6 is 0 Å². The summed E-state index contributed by atoms with van der Waals surface area (Å²) in [4.78, 5) is 33.8. The van der Waals surface area contributed by atoms with Gasteiger partial charge in [0.2, 0.25) is 0 Å². The monoisotopic (exact) mass is 551 g/mol. The fourth-order valence-corrected chi connectivity index (χ4v) is 5.24. The van der Waals surface area contributed by atoms with Crippen LogP contribution in [0.4, 0.5) is 0 Å². The molecule has 0 saturated heterocycles. The molecule has 5 aromatic rings. The highest BCUT2D eigenvalue weighted by Crippen LogP contribution is 2.42. The van der Waals surface area contributed by atoms with Crippen molar-refractivity contribution in [3.63, 3.8) is 0 Å². The number of fused-ring (bicyclic) bond motifs is 1. The molecule has 0 fully saturated rings. The third-order valence-electron chi connectivity index (χ3n) is 6.88. The lowest BCUT2D eigenvalue weighted by Crippen LogP contribution is -2.20. The van der Waals surface area contributed by atoms with Crippen molar-refractivity contribution in [1.82, 2.24) is 14.5 Å². The molecule has 8 heteroatoms. The van der Waals surface area contributed by atoms with E-state index in [9.17, 15) is 14.7 Å². The summed E-state index contributed by atoms with van der Waals surface area (Å²) in [6, 6.07) is 14.9. The first-order valence-electron chi connectivity index (χ1n) is 13.5. The minimum atomic E-state index is -0.914. The number of rotatable bonds is 5. The molecule has 6 rings (SSSR count). The number of carboxylic acids is 1. The lowest BCUT2D eigenvalue weighted by atomic mass is 9.87. The third-order valence-corrected chi connectivity index (χ3v) is 6.88. The standard InChI is InChI=1S/C29H23N3O4.C4H10O/c1-17-14-23-20(3-5-25(33)32(23)16-18-6-10-30-11-7-18)28(22(17)15-26(34)35)21-2-4-24-27-19(9-13-36-24)8-12-31-29(21)27;1-4(2,3)5/h2-8,10-12,14H,9,13,15-16H2,1H3,(H,34,35);5H,1-3H3. The first kappa shape index (κ1) is 28.0. The summed E-state index contributed by atoms with van der Waals surface area (Å²) in [5.74, 6) is -0.128. The van der Waals surface area contributed by atoms with Gasteiger partial charge in [0.05, 0.1) is 36.2 Å². The summed E-state index contributed by atoms with van der Waals surface area (Å²) in [6.45, 7) is 8.13. The summed E-state index contributed by atoms with van der Waals surface area (Å²) in [5.41, 5.74) is 6.15. The van der Waals surface area contributed by atoms with Gasteiger partial charge in [-0.1, -0.05) is 0 Å². The number of benzene rings is 2. The van der Waals surface area contributed by atoms with Gasteiger partial charge in [0.1, 0.15) is 5.75 Å². The Morgan fingerprint density at radius 1 is 1.05 bits per heavy atom. The van der Waals surface area contributed by atoms with Crippen LogP contribution in [0.1, 0.15) is 43.0 Å². The zero-order valence-corrected chi connectivity index (χ0v) is 23.6. The summed E-state index contributed by atoms with van der Waals surface area (Å²) in [7, 11) is 0. The second-order valence-corrected chi connectivity index (χ2v) is 11.2. The highest BCUT2D eigenvalue weighted by atomic mass is 16.5. The van der Waals surface area contributed by atoms with Gasteiger partial charge in [0, 0.05) is 47.4 Å². The number of aromatic nitrogens is 3. The van der Waals surface area contributed by atoms with Crippen molar-refractivity contribution in [3.8, 4) is 16.9 Å². The Hall–Kier alpha value is -4.56. The molecule has 0 saturated carbocycles. The van der Waals surface area contributed by atoms with Crippen LogP contribution in [0, 0.1) is 6.92 Å². The maximum Gasteiger partial charge on any atom is 0.307 e. The topological polar surface area (TPSA) is 115 Å². The molecule has 1 aliphatic heterocycles. The maximum atomic E-state index is 13.0. The minimum Gasteiger partial charge on any atom is -0.493 e. The quantitative estimate of drug-likeness (QED) is 0.304. The fourth-order valence-electron chi connectivity index (χ4n) is 5.24. The van der Waals surface area contributed by atoms with E-state index in [-0.39, 0.29) is 12.0 Å². The molecule has 0 unspecified atom stereocenters. The first-order chi connectivity index (χ1) is 19.5. The molecule has 0 spiro atoms. The van der Waals surface area contributed by atoms with E-state index in [4.69, 9.17) is 14.8 Å². The van der Waals surface area contributed by atoms with Gasteiger partial charge in [-0.3, -0.25) is 19.6 Å². The van der Waals surface area contributed by atoms with E-state index in [1.807, 2.05) is 43.3 Å². The molecule has 0 amide bonds. The number of carbonyl (C=O) groups is 1. The molecule has 0 atom stereocenters. The molecule has 2 aromatic carbocycles. The van der Waals surface area contributed by atoms with Gasteiger partial charge >= 0.3 is 5.97 Å². The largest absolute Gasteiger partial charge is 0.493 e. The molecule has 0 bridgehead atoms. The molecule has 41 heavy (non-hydrogen) atoms. The van der Waals surface area contributed by atoms with E-state index in [2.05, 4.69) is 4.98 Å². The number of aliphatic hydroxyl groups is 1. The summed E-state index contributed by atoms with van der Waals surface area (Å²) >= 11 is 0. The van der Waals surface area contributed by atoms with Crippen molar-refractivity contribution in [2.45, 2.75) is 52.7 Å². The van der Waals surface area contributed by atoms with Crippen molar-refractivity contribution in [2.75, 3.05) is 6.61 Å². The molecule has 2 N–H and O–H groups in total. The number of nitrogens with zero attached hydrogens (tertiary/aromatic N) is 3. The Balaban J connectivity index is 0.000000623. The molecule has 210 valence electrons. The lowest BCUT2D eigenvalue weighted by Gasteiger charge is -2.22. The van der Waals surface area contributed by atoms with E-state index in [0.29, 0.717) is 18.7 Å². The highest BCUT2D eigenvalue weighted by molar-refractivity contribution is 6.08. The van der Waals surface area contributed by atoms with Crippen LogP contribution in [0.2, 0.25) is 0 Å². The van der Waals surface area contributed by atoms with Gasteiger partial charge in [-0.2, -0.15) is 0 Å². The molecule has 1 aliphatic rings. The Morgan fingerprint density at radius 3 is 2.49 bits per heavy atom. The van der Waals surface area contributed by atoms with Crippen molar-refractivity contribution >= 4 is 27.8 Å². The van der Waals surface area contributed by atoms with Crippen LogP contribution in [-0.2, 0) is 24.2 Å².